The minimum atomic E-state index is -1.88. The van der Waals surface area contributed by atoms with Gasteiger partial charge in [0.1, 0.15) is 8.07 Å². The summed E-state index contributed by atoms with van der Waals surface area (Å²) in [5.74, 6) is 0. The number of nitrogens with zero attached hydrogens (tertiary/aromatic N) is 1. The fourth-order valence-electron chi connectivity index (χ4n) is 8.71. The Morgan fingerprint density at radius 3 is 2.00 bits per heavy atom. The van der Waals surface area contributed by atoms with E-state index in [0.717, 1.165) is 5.69 Å². The van der Waals surface area contributed by atoms with E-state index in [2.05, 4.69) is 195 Å². The molecule has 0 amide bonds. The fraction of sp³-hybridized carbons (Fsp3) is 0.0800. The summed E-state index contributed by atoms with van der Waals surface area (Å²) in [6.45, 7) is 7.29. The van der Waals surface area contributed by atoms with Gasteiger partial charge in [0.25, 0.3) is 0 Å². The molecule has 0 saturated heterocycles. The van der Waals surface area contributed by atoms with Crippen LogP contribution in [0.15, 0.2) is 169 Å². The number of hydrogen-bond acceptors (Lipinski definition) is 3. The first-order valence-corrected chi connectivity index (χ1v) is 23.7. The number of thiophene rings is 1. The molecule has 2 heterocycles. The number of anilines is 3. The molecular formula is C50H39NS2Si. The van der Waals surface area contributed by atoms with E-state index in [1.54, 1.807) is 0 Å². The Morgan fingerprint density at radius 1 is 0.519 bits per heavy atom. The Bertz CT molecular complexity index is 2920. The van der Waals surface area contributed by atoms with Gasteiger partial charge in [0.15, 0.2) is 0 Å². The molecule has 0 atom stereocenters. The summed E-state index contributed by atoms with van der Waals surface area (Å²) in [5.41, 5.74) is 12.7. The summed E-state index contributed by atoms with van der Waals surface area (Å²) in [5, 5.41) is 8.24. The first kappa shape index (κ1) is 33.2. The Kier molecular flexibility index (Phi) is 7.92. The molecule has 9 aromatic rings. The van der Waals surface area contributed by atoms with Gasteiger partial charge < -0.3 is 4.90 Å². The molecule has 0 unspecified atom stereocenters. The maximum atomic E-state index is 2.50. The zero-order valence-electron chi connectivity index (χ0n) is 30.9. The lowest BCUT2D eigenvalue weighted by Crippen LogP contribution is -2.49. The van der Waals surface area contributed by atoms with Gasteiger partial charge in [-0.15, -0.1) is 23.1 Å². The minimum Gasteiger partial charge on any atom is -0.310 e. The van der Waals surface area contributed by atoms with Crippen molar-refractivity contribution < 1.29 is 0 Å². The average Bonchev–Trinajstić information content (AvgIpc) is 3.70. The molecule has 1 aliphatic rings. The summed E-state index contributed by atoms with van der Waals surface area (Å²) in [6, 6.07) is 61.3. The maximum Gasteiger partial charge on any atom is 0.113 e. The van der Waals surface area contributed by atoms with Crippen LogP contribution in [-0.2, 0) is 0 Å². The quantitative estimate of drug-likeness (QED) is 0.123. The monoisotopic (exact) mass is 745 g/mol. The maximum absolute atomic E-state index is 2.50. The molecule has 0 bridgehead atoms. The van der Waals surface area contributed by atoms with Crippen LogP contribution in [0.4, 0.5) is 17.1 Å². The molecule has 0 spiro atoms. The van der Waals surface area contributed by atoms with Crippen molar-refractivity contribution in [2.45, 2.75) is 24.9 Å². The first-order valence-electron chi connectivity index (χ1n) is 18.6. The smallest absolute Gasteiger partial charge is 0.113 e. The molecule has 0 fully saturated rings. The van der Waals surface area contributed by atoms with Gasteiger partial charge in [0.05, 0.1) is 0 Å². The highest BCUT2D eigenvalue weighted by Crippen LogP contribution is 2.46. The van der Waals surface area contributed by atoms with Crippen molar-refractivity contribution >= 4 is 89.6 Å². The van der Waals surface area contributed by atoms with Crippen LogP contribution in [-0.4, -0.2) is 14.3 Å². The first-order chi connectivity index (χ1) is 26.4. The van der Waals surface area contributed by atoms with Crippen molar-refractivity contribution in [2.75, 3.05) is 11.2 Å². The topological polar surface area (TPSA) is 3.24 Å². The second-order valence-corrected chi connectivity index (χ2v) is 21.2. The summed E-state index contributed by atoms with van der Waals surface area (Å²) in [7, 11) is -1.88. The molecule has 260 valence electrons. The van der Waals surface area contributed by atoms with Gasteiger partial charge in [-0.1, -0.05) is 122 Å². The number of hydrogen-bond donors (Lipinski definition) is 0. The second-order valence-electron chi connectivity index (χ2n) is 15.0. The van der Waals surface area contributed by atoms with Crippen LogP contribution < -0.4 is 15.3 Å². The Morgan fingerprint density at radius 2 is 1.19 bits per heavy atom. The van der Waals surface area contributed by atoms with Gasteiger partial charge in [-0.2, -0.15) is 0 Å². The number of fused-ring (bicyclic) bond motifs is 7. The van der Waals surface area contributed by atoms with Gasteiger partial charge in [-0.3, -0.25) is 0 Å². The lowest BCUT2D eigenvalue weighted by atomic mass is 9.97. The van der Waals surface area contributed by atoms with Crippen LogP contribution in [0, 0.1) is 6.92 Å². The van der Waals surface area contributed by atoms with Crippen molar-refractivity contribution in [3.8, 4) is 33.4 Å². The number of thioether (sulfide) groups is 1. The van der Waals surface area contributed by atoms with Gasteiger partial charge in [-0.05, 0) is 122 Å². The SMILES string of the molecule is CSc1ccc2c(sc3ccccc32)c1-c1ccc(N(c2ccc(-c3ccc4ccccc4c3)cc2)c2ccc3c(c2)[Si](C)(C)c2ccccc2-3)cc1C. The van der Waals surface area contributed by atoms with Crippen LogP contribution in [0.5, 0.6) is 0 Å². The molecular weight excluding hydrogens is 707 g/mol. The third kappa shape index (κ3) is 5.27. The third-order valence-electron chi connectivity index (χ3n) is 11.5. The highest BCUT2D eigenvalue weighted by atomic mass is 32.2. The van der Waals surface area contributed by atoms with Crippen molar-refractivity contribution in [1.82, 2.24) is 0 Å². The molecule has 1 aromatic heterocycles. The molecule has 8 aromatic carbocycles. The largest absolute Gasteiger partial charge is 0.310 e. The van der Waals surface area contributed by atoms with E-state index in [9.17, 15) is 0 Å². The highest BCUT2D eigenvalue weighted by molar-refractivity contribution is 7.98. The predicted molar refractivity (Wildman–Crippen MR) is 241 cm³/mol. The van der Waals surface area contributed by atoms with Gasteiger partial charge in [0, 0.05) is 47.7 Å². The molecule has 1 aliphatic heterocycles. The zero-order valence-corrected chi connectivity index (χ0v) is 33.5. The highest BCUT2D eigenvalue weighted by Gasteiger charge is 2.37. The molecule has 0 radical (unpaired) electrons. The molecule has 4 heteroatoms. The zero-order chi connectivity index (χ0) is 36.6. The van der Waals surface area contributed by atoms with Gasteiger partial charge in [0.2, 0.25) is 0 Å². The predicted octanol–water partition coefficient (Wildman–Crippen LogP) is 13.8. The van der Waals surface area contributed by atoms with Gasteiger partial charge in [-0.25, -0.2) is 0 Å². The van der Waals surface area contributed by atoms with Gasteiger partial charge >= 0.3 is 0 Å². The molecule has 0 saturated carbocycles. The van der Waals surface area contributed by atoms with E-state index in [-0.39, 0.29) is 0 Å². The van der Waals surface area contributed by atoms with Crippen LogP contribution in [0.2, 0.25) is 13.1 Å². The molecule has 1 nitrogen and oxygen atoms in total. The van der Waals surface area contributed by atoms with E-state index >= 15 is 0 Å². The van der Waals surface area contributed by atoms with Crippen molar-refractivity contribution in [3.05, 3.63) is 169 Å². The molecule has 0 aliphatic carbocycles. The van der Waals surface area contributed by atoms with Crippen molar-refractivity contribution in [1.29, 1.82) is 0 Å². The van der Waals surface area contributed by atoms with E-state index in [1.165, 1.54) is 96.5 Å². The summed E-state index contributed by atoms with van der Waals surface area (Å²) < 4.78 is 2.70. The fourth-order valence-corrected chi connectivity index (χ4v) is 13.8. The van der Waals surface area contributed by atoms with E-state index in [1.807, 2.05) is 23.1 Å². The second kappa shape index (κ2) is 12.9. The van der Waals surface area contributed by atoms with Crippen LogP contribution in [0.3, 0.4) is 0 Å². The van der Waals surface area contributed by atoms with Crippen molar-refractivity contribution in [2.24, 2.45) is 0 Å². The summed E-state index contributed by atoms with van der Waals surface area (Å²) in [4.78, 5) is 3.78. The van der Waals surface area contributed by atoms with Crippen molar-refractivity contribution in [3.63, 3.8) is 0 Å². The Labute approximate surface area is 326 Å². The summed E-state index contributed by atoms with van der Waals surface area (Å²) in [6.07, 6.45) is 2.20. The lowest BCUT2D eigenvalue weighted by Gasteiger charge is -2.28. The summed E-state index contributed by atoms with van der Waals surface area (Å²) >= 11 is 3.75. The number of rotatable bonds is 6. The van der Waals surface area contributed by atoms with E-state index < -0.39 is 8.07 Å². The number of aryl methyl sites for hydroxylation is 1. The number of benzene rings is 8. The van der Waals surface area contributed by atoms with Crippen LogP contribution in [0.1, 0.15) is 5.56 Å². The Balaban J connectivity index is 1.12. The third-order valence-corrected chi connectivity index (χ3v) is 17.0. The lowest BCUT2D eigenvalue weighted by molar-refractivity contribution is 1.27. The van der Waals surface area contributed by atoms with E-state index in [0.29, 0.717) is 0 Å². The van der Waals surface area contributed by atoms with Crippen LogP contribution in [0.25, 0.3) is 64.3 Å². The minimum absolute atomic E-state index is 1.15. The van der Waals surface area contributed by atoms with Crippen LogP contribution >= 0.6 is 23.1 Å². The molecule has 54 heavy (non-hydrogen) atoms. The molecule has 0 N–H and O–H groups in total. The Hall–Kier alpha value is -5.39. The normalized spacial score (nSPS) is 13.0. The average molecular weight is 746 g/mol. The molecule has 10 rings (SSSR count). The standard InChI is InChI=1S/C50H39NS2Si/c1-32-29-38(23-25-40(32)49-46(52-2)28-27-44-41-13-7-9-15-45(41)53-50(44)49)51(39-24-26-43-42-14-8-10-16-47(42)54(3,4)48(43)31-39)37-21-19-34(20-22-37)36-18-17-33-11-5-6-12-35(33)30-36/h5-31H,1-4H3. The van der Waals surface area contributed by atoms with E-state index in [4.69, 9.17) is 0 Å².